The van der Waals surface area contributed by atoms with E-state index in [2.05, 4.69) is 36.4 Å². The van der Waals surface area contributed by atoms with Crippen molar-refractivity contribution in [1.29, 1.82) is 0 Å². The first-order valence-electron chi connectivity index (χ1n) is 7.75. The minimum Gasteiger partial charge on any atom is -0.343 e. The molecule has 5 heteroatoms. The number of nitrogens with two attached hydrogens (primary N) is 1. The monoisotopic (exact) mass is 311 g/mol. The van der Waals surface area contributed by atoms with E-state index in [0.717, 1.165) is 19.5 Å². The van der Waals surface area contributed by atoms with Crippen LogP contribution in [0.4, 0.5) is 0 Å². The number of hydrogen-bond acceptors (Lipinski definition) is 4. The summed E-state index contributed by atoms with van der Waals surface area (Å²) >= 11 is 1.78. The van der Waals surface area contributed by atoms with Gasteiger partial charge in [0.05, 0.1) is 0 Å². The van der Waals surface area contributed by atoms with Gasteiger partial charge in [0.1, 0.15) is 0 Å². The largest absolute Gasteiger partial charge is 0.343 e. The maximum Gasteiger partial charge on any atom is 0.224 e. The Bertz CT molecular complexity index is 404. The van der Waals surface area contributed by atoms with Gasteiger partial charge in [0.25, 0.3) is 0 Å². The van der Waals surface area contributed by atoms with Crippen molar-refractivity contribution >= 4 is 17.2 Å². The van der Waals surface area contributed by atoms with Gasteiger partial charge in [-0.15, -0.1) is 11.3 Å². The third-order valence-corrected chi connectivity index (χ3v) is 5.05. The molecule has 0 fully saturated rings. The van der Waals surface area contributed by atoms with E-state index in [1.807, 2.05) is 18.7 Å². The van der Waals surface area contributed by atoms with E-state index in [1.54, 1.807) is 11.3 Å². The highest BCUT2D eigenvalue weighted by molar-refractivity contribution is 7.09. The molecule has 0 spiro atoms. The normalized spacial score (nSPS) is 14.2. The van der Waals surface area contributed by atoms with Gasteiger partial charge in [0.15, 0.2) is 0 Å². The lowest BCUT2D eigenvalue weighted by molar-refractivity contribution is -0.132. The third kappa shape index (κ3) is 5.41. The molecular formula is C16H29N3OS. The average molecular weight is 311 g/mol. The Kier molecular flexibility index (Phi) is 7.93. The van der Waals surface area contributed by atoms with Crippen molar-refractivity contribution < 1.29 is 4.79 Å². The average Bonchev–Trinajstić information content (AvgIpc) is 2.98. The van der Waals surface area contributed by atoms with Gasteiger partial charge < -0.3 is 10.6 Å². The molecule has 2 N–H and O–H groups in total. The zero-order chi connectivity index (χ0) is 15.8. The Morgan fingerprint density at radius 3 is 2.52 bits per heavy atom. The molecule has 4 nitrogen and oxygen atoms in total. The van der Waals surface area contributed by atoms with Crippen LogP contribution >= 0.6 is 11.3 Å². The lowest BCUT2D eigenvalue weighted by atomic mass is 10.1. The van der Waals surface area contributed by atoms with Gasteiger partial charge in [0.2, 0.25) is 5.91 Å². The van der Waals surface area contributed by atoms with Crippen LogP contribution < -0.4 is 5.73 Å². The standard InChI is InChI=1S/C16H29N3OS/c1-5-19(6-2)16(20)11-14(12-17)18(4)13(3)10-15-8-7-9-21-15/h7-9,13-14H,5-6,10-12,17H2,1-4H3. The molecule has 1 rings (SSSR count). The first-order chi connectivity index (χ1) is 10.0. The molecule has 120 valence electrons. The molecule has 0 radical (unpaired) electrons. The molecule has 1 aromatic rings. The number of carbonyl (C=O) groups excluding carboxylic acids is 1. The summed E-state index contributed by atoms with van der Waals surface area (Å²) in [6.45, 7) is 8.27. The Hall–Kier alpha value is -0.910. The summed E-state index contributed by atoms with van der Waals surface area (Å²) < 4.78 is 0. The molecule has 2 atom stereocenters. The summed E-state index contributed by atoms with van der Waals surface area (Å²) in [6, 6.07) is 4.72. The van der Waals surface area contributed by atoms with Crippen molar-refractivity contribution in [3.63, 3.8) is 0 Å². The molecular weight excluding hydrogens is 282 g/mol. The molecule has 0 aliphatic carbocycles. The first kappa shape index (κ1) is 18.1. The topological polar surface area (TPSA) is 49.6 Å². The van der Waals surface area contributed by atoms with Gasteiger partial charge in [-0.05, 0) is 45.7 Å². The summed E-state index contributed by atoms with van der Waals surface area (Å²) in [6.07, 6.45) is 1.51. The first-order valence-corrected chi connectivity index (χ1v) is 8.63. The maximum atomic E-state index is 12.3. The van der Waals surface area contributed by atoms with Crippen molar-refractivity contribution in [2.75, 3.05) is 26.7 Å². The van der Waals surface area contributed by atoms with Crippen molar-refractivity contribution in [2.24, 2.45) is 5.73 Å². The van der Waals surface area contributed by atoms with Gasteiger partial charge in [0, 0.05) is 43.0 Å². The number of hydrogen-bond donors (Lipinski definition) is 1. The van der Waals surface area contributed by atoms with E-state index in [-0.39, 0.29) is 11.9 Å². The van der Waals surface area contributed by atoms with Crippen LogP contribution in [0.3, 0.4) is 0 Å². The number of carbonyl (C=O) groups is 1. The quantitative estimate of drug-likeness (QED) is 0.760. The van der Waals surface area contributed by atoms with E-state index < -0.39 is 0 Å². The summed E-state index contributed by atoms with van der Waals surface area (Å²) in [4.78, 5) is 17.8. The highest BCUT2D eigenvalue weighted by Gasteiger charge is 2.23. The van der Waals surface area contributed by atoms with Crippen molar-refractivity contribution in [1.82, 2.24) is 9.80 Å². The zero-order valence-electron chi connectivity index (χ0n) is 13.7. The van der Waals surface area contributed by atoms with E-state index in [4.69, 9.17) is 5.73 Å². The van der Waals surface area contributed by atoms with Crippen LogP contribution in [-0.2, 0) is 11.2 Å². The van der Waals surface area contributed by atoms with E-state index in [0.29, 0.717) is 19.0 Å². The number of amides is 1. The van der Waals surface area contributed by atoms with Crippen LogP contribution in [0.5, 0.6) is 0 Å². The Morgan fingerprint density at radius 1 is 1.38 bits per heavy atom. The molecule has 1 amide bonds. The summed E-state index contributed by atoms with van der Waals surface area (Å²) in [7, 11) is 2.07. The van der Waals surface area contributed by atoms with Crippen LogP contribution in [0.2, 0.25) is 0 Å². The van der Waals surface area contributed by atoms with Crippen molar-refractivity contribution in [2.45, 2.75) is 45.7 Å². The fourth-order valence-corrected chi connectivity index (χ4v) is 3.35. The minimum absolute atomic E-state index is 0.105. The van der Waals surface area contributed by atoms with Crippen molar-refractivity contribution in [3.05, 3.63) is 22.4 Å². The predicted octanol–water partition coefficient (Wildman–Crippen LogP) is 2.20. The Balaban J connectivity index is 2.59. The van der Waals surface area contributed by atoms with E-state index in [1.165, 1.54) is 4.88 Å². The maximum absolute atomic E-state index is 12.3. The van der Waals surface area contributed by atoms with Crippen LogP contribution in [0.15, 0.2) is 17.5 Å². The van der Waals surface area contributed by atoms with Crippen LogP contribution in [-0.4, -0.2) is 54.5 Å². The molecule has 0 saturated heterocycles. The Morgan fingerprint density at radius 2 is 2.05 bits per heavy atom. The summed E-state index contributed by atoms with van der Waals surface area (Å²) in [5.74, 6) is 0.200. The molecule has 1 aromatic heterocycles. The SMILES string of the molecule is CCN(CC)C(=O)CC(CN)N(C)C(C)Cc1cccs1. The fraction of sp³-hybridized carbons (Fsp3) is 0.688. The zero-order valence-corrected chi connectivity index (χ0v) is 14.5. The second kappa shape index (κ2) is 9.18. The molecule has 2 unspecified atom stereocenters. The van der Waals surface area contributed by atoms with Crippen LogP contribution in [0, 0.1) is 0 Å². The minimum atomic E-state index is 0.105. The molecule has 0 saturated carbocycles. The molecule has 1 heterocycles. The van der Waals surface area contributed by atoms with Gasteiger partial charge in [-0.2, -0.15) is 0 Å². The predicted molar refractivity (Wildman–Crippen MR) is 90.6 cm³/mol. The Labute approximate surface area is 132 Å². The second-order valence-corrected chi connectivity index (χ2v) is 6.49. The molecule has 0 aromatic carbocycles. The number of rotatable bonds is 9. The molecule has 21 heavy (non-hydrogen) atoms. The van der Waals surface area contributed by atoms with Crippen LogP contribution in [0.1, 0.15) is 32.1 Å². The highest BCUT2D eigenvalue weighted by Crippen LogP contribution is 2.16. The lowest BCUT2D eigenvalue weighted by Gasteiger charge is -2.33. The molecule has 0 aliphatic heterocycles. The highest BCUT2D eigenvalue weighted by atomic mass is 32.1. The van der Waals surface area contributed by atoms with Gasteiger partial charge in [-0.25, -0.2) is 0 Å². The van der Waals surface area contributed by atoms with E-state index >= 15 is 0 Å². The van der Waals surface area contributed by atoms with Gasteiger partial charge in [-0.3, -0.25) is 9.69 Å². The van der Waals surface area contributed by atoms with Gasteiger partial charge >= 0.3 is 0 Å². The smallest absolute Gasteiger partial charge is 0.224 e. The summed E-state index contributed by atoms with van der Waals surface area (Å²) in [5.41, 5.74) is 5.91. The second-order valence-electron chi connectivity index (χ2n) is 5.46. The third-order valence-electron chi connectivity index (χ3n) is 4.15. The summed E-state index contributed by atoms with van der Waals surface area (Å²) in [5, 5.41) is 2.10. The molecule has 0 aliphatic rings. The fourth-order valence-electron chi connectivity index (χ4n) is 2.52. The van der Waals surface area contributed by atoms with E-state index in [9.17, 15) is 4.79 Å². The lowest BCUT2D eigenvalue weighted by Crippen LogP contribution is -2.47. The van der Waals surface area contributed by atoms with Crippen molar-refractivity contribution in [3.8, 4) is 0 Å². The number of likely N-dealkylation sites (N-methyl/N-ethyl adjacent to an activating group) is 1. The number of nitrogens with zero attached hydrogens (tertiary/aromatic N) is 2. The molecule has 0 bridgehead atoms. The van der Waals surface area contributed by atoms with Gasteiger partial charge in [-0.1, -0.05) is 6.07 Å². The van der Waals surface area contributed by atoms with Crippen LogP contribution in [0.25, 0.3) is 0 Å². The number of thiophene rings is 1.